The molecule has 2 aromatic rings. The molecule has 0 bridgehead atoms. The van der Waals surface area contributed by atoms with Gasteiger partial charge in [-0.2, -0.15) is 0 Å². The van der Waals surface area contributed by atoms with Crippen molar-refractivity contribution in [3.63, 3.8) is 0 Å². The predicted molar refractivity (Wildman–Crippen MR) is 106 cm³/mol. The van der Waals surface area contributed by atoms with Crippen LogP contribution in [0.3, 0.4) is 0 Å². The highest BCUT2D eigenvalue weighted by Gasteiger charge is 2.27. The zero-order valence-electron chi connectivity index (χ0n) is 14.5. The number of rotatable bonds is 5. The van der Waals surface area contributed by atoms with E-state index in [0.29, 0.717) is 13.1 Å². The van der Waals surface area contributed by atoms with Crippen LogP contribution in [-0.4, -0.2) is 30.2 Å². The van der Waals surface area contributed by atoms with Crippen molar-refractivity contribution >= 4 is 34.9 Å². The van der Waals surface area contributed by atoms with E-state index in [1.165, 1.54) is 33.7 Å². The standard InChI is InChI=1S/C20H22N2O2S2/c23-19(15-12-25-17-8-4-2-6-14(15)17)21-9-10-22-20(24)18-11-13-5-1-3-7-16(13)26-18/h1,3,5,7,12,18H,2,4,6,8-11H2,(H,21,23)(H,22,24). The van der Waals surface area contributed by atoms with Crippen molar-refractivity contribution in [2.45, 2.75) is 42.2 Å². The van der Waals surface area contributed by atoms with Crippen LogP contribution in [0.4, 0.5) is 0 Å². The summed E-state index contributed by atoms with van der Waals surface area (Å²) in [7, 11) is 0. The number of carbonyl (C=O) groups excluding carboxylic acids is 2. The van der Waals surface area contributed by atoms with Gasteiger partial charge in [-0.3, -0.25) is 9.59 Å². The molecule has 2 N–H and O–H groups in total. The molecular formula is C20H22N2O2S2. The van der Waals surface area contributed by atoms with Gasteiger partial charge >= 0.3 is 0 Å². The molecule has 2 aliphatic rings. The lowest BCUT2D eigenvalue weighted by molar-refractivity contribution is -0.120. The molecule has 1 unspecified atom stereocenters. The van der Waals surface area contributed by atoms with Crippen molar-refractivity contribution in [1.29, 1.82) is 0 Å². The van der Waals surface area contributed by atoms with E-state index in [-0.39, 0.29) is 17.1 Å². The second-order valence-electron chi connectivity index (χ2n) is 6.72. The monoisotopic (exact) mass is 386 g/mol. The SMILES string of the molecule is O=C(NCCNC(=O)C1Cc2ccccc2S1)c1csc2c1CCCC2. The normalized spacial score (nSPS) is 18.1. The number of benzene rings is 1. The molecule has 1 atom stereocenters. The number of amides is 2. The Bertz CT molecular complexity index is 806. The highest BCUT2D eigenvalue weighted by atomic mass is 32.2. The lowest BCUT2D eigenvalue weighted by atomic mass is 9.96. The van der Waals surface area contributed by atoms with Gasteiger partial charge in [0.1, 0.15) is 0 Å². The lowest BCUT2D eigenvalue weighted by Gasteiger charge is -2.13. The van der Waals surface area contributed by atoms with Crippen molar-refractivity contribution in [1.82, 2.24) is 10.6 Å². The number of hydrogen-bond donors (Lipinski definition) is 2. The maximum Gasteiger partial charge on any atom is 0.252 e. The maximum atomic E-state index is 12.4. The van der Waals surface area contributed by atoms with Gasteiger partial charge < -0.3 is 10.6 Å². The van der Waals surface area contributed by atoms with Crippen LogP contribution in [0.2, 0.25) is 0 Å². The van der Waals surface area contributed by atoms with Gasteiger partial charge in [0.2, 0.25) is 5.91 Å². The van der Waals surface area contributed by atoms with Gasteiger partial charge in [0.15, 0.2) is 0 Å². The summed E-state index contributed by atoms with van der Waals surface area (Å²) in [5, 5.41) is 7.81. The van der Waals surface area contributed by atoms with E-state index in [0.717, 1.165) is 24.8 Å². The van der Waals surface area contributed by atoms with Crippen molar-refractivity contribution < 1.29 is 9.59 Å². The Labute approximate surface area is 161 Å². The van der Waals surface area contributed by atoms with Gasteiger partial charge in [-0.1, -0.05) is 18.2 Å². The van der Waals surface area contributed by atoms with Crippen LogP contribution >= 0.6 is 23.1 Å². The zero-order valence-corrected chi connectivity index (χ0v) is 16.2. The first-order chi connectivity index (χ1) is 12.7. The number of carbonyl (C=O) groups is 2. The van der Waals surface area contributed by atoms with E-state index in [1.807, 2.05) is 17.5 Å². The summed E-state index contributed by atoms with van der Waals surface area (Å²) in [6, 6.07) is 8.16. The maximum absolute atomic E-state index is 12.4. The quantitative estimate of drug-likeness (QED) is 0.776. The highest BCUT2D eigenvalue weighted by Crippen LogP contribution is 2.36. The fourth-order valence-electron chi connectivity index (χ4n) is 3.58. The highest BCUT2D eigenvalue weighted by molar-refractivity contribution is 8.01. The fraction of sp³-hybridized carbons (Fsp3) is 0.400. The molecule has 0 saturated carbocycles. The van der Waals surface area contributed by atoms with Crippen molar-refractivity contribution in [2.75, 3.05) is 13.1 Å². The summed E-state index contributed by atoms with van der Waals surface area (Å²) >= 11 is 3.33. The van der Waals surface area contributed by atoms with Crippen LogP contribution in [0, 0.1) is 0 Å². The first kappa shape index (κ1) is 17.6. The molecule has 2 amide bonds. The predicted octanol–water partition coefficient (Wildman–Crippen LogP) is 3.19. The second-order valence-corrected chi connectivity index (χ2v) is 8.93. The molecule has 136 valence electrons. The van der Waals surface area contributed by atoms with Crippen molar-refractivity contribution in [2.24, 2.45) is 0 Å². The topological polar surface area (TPSA) is 58.2 Å². The summed E-state index contributed by atoms with van der Waals surface area (Å²) in [6.45, 7) is 0.920. The van der Waals surface area contributed by atoms with Gasteiger partial charge in [0, 0.05) is 28.2 Å². The van der Waals surface area contributed by atoms with E-state index in [1.54, 1.807) is 23.1 Å². The molecule has 4 nitrogen and oxygen atoms in total. The summed E-state index contributed by atoms with van der Waals surface area (Å²) in [5.41, 5.74) is 3.31. The van der Waals surface area contributed by atoms with Crippen LogP contribution in [0.1, 0.15) is 39.2 Å². The van der Waals surface area contributed by atoms with Gasteiger partial charge in [-0.25, -0.2) is 0 Å². The zero-order chi connectivity index (χ0) is 17.9. The molecule has 1 aliphatic heterocycles. The summed E-state index contributed by atoms with van der Waals surface area (Å²) in [6.07, 6.45) is 5.29. The average Bonchev–Trinajstić information content (AvgIpc) is 3.29. The number of fused-ring (bicyclic) bond motifs is 2. The van der Waals surface area contributed by atoms with Crippen LogP contribution in [0.25, 0.3) is 0 Å². The van der Waals surface area contributed by atoms with Gasteiger partial charge in [0.25, 0.3) is 5.91 Å². The Morgan fingerprint density at radius 3 is 2.77 bits per heavy atom. The van der Waals surface area contributed by atoms with Crippen molar-refractivity contribution in [3.05, 3.63) is 51.2 Å². The first-order valence-corrected chi connectivity index (χ1v) is 10.9. The lowest BCUT2D eigenvalue weighted by Crippen LogP contribution is -2.38. The van der Waals surface area contributed by atoms with Crippen LogP contribution in [0.15, 0.2) is 34.5 Å². The van der Waals surface area contributed by atoms with Crippen LogP contribution in [0.5, 0.6) is 0 Å². The Hall–Kier alpha value is -1.79. The summed E-state index contributed by atoms with van der Waals surface area (Å²) in [5.74, 6) is 0.0367. The fourth-order valence-corrected chi connectivity index (χ4v) is 5.93. The number of thiophene rings is 1. The molecule has 1 aromatic carbocycles. The molecule has 1 aliphatic carbocycles. The molecule has 26 heavy (non-hydrogen) atoms. The molecular weight excluding hydrogens is 364 g/mol. The number of hydrogen-bond acceptors (Lipinski definition) is 4. The molecule has 2 heterocycles. The average molecular weight is 387 g/mol. The van der Waals surface area contributed by atoms with E-state index < -0.39 is 0 Å². The van der Waals surface area contributed by atoms with E-state index in [4.69, 9.17) is 0 Å². The molecule has 6 heteroatoms. The Kier molecular flexibility index (Phi) is 5.31. The van der Waals surface area contributed by atoms with Gasteiger partial charge in [-0.05, 0) is 49.3 Å². The third-order valence-corrected chi connectivity index (χ3v) is 7.36. The second kappa shape index (κ2) is 7.84. The van der Waals surface area contributed by atoms with E-state index in [9.17, 15) is 9.59 Å². The largest absolute Gasteiger partial charge is 0.353 e. The molecule has 0 spiro atoms. The molecule has 4 rings (SSSR count). The number of aryl methyl sites for hydroxylation is 1. The molecule has 1 aromatic heterocycles. The third-order valence-electron chi connectivity index (χ3n) is 4.96. The third kappa shape index (κ3) is 3.67. The molecule has 0 saturated heterocycles. The minimum atomic E-state index is -0.0630. The van der Waals surface area contributed by atoms with Crippen LogP contribution in [-0.2, 0) is 24.1 Å². The minimum absolute atomic E-state index is 0.0127. The van der Waals surface area contributed by atoms with Gasteiger partial charge in [0.05, 0.1) is 10.8 Å². The smallest absolute Gasteiger partial charge is 0.252 e. The summed E-state index contributed by atoms with van der Waals surface area (Å²) < 4.78 is 0. The van der Waals surface area contributed by atoms with E-state index >= 15 is 0 Å². The Morgan fingerprint density at radius 2 is 1.88 bits per heavy atom. The van der Waals surface area contributed by atoms with Gasteiger partial charge in [-0.15, -0.1) is 23.1 Å². The molecule has 0 fully saturated rings. The minimum Gasteiger partial charge on any atom is -0.353 e. The Morgan fingerprint density at radius 1 is 1.08 bits per heavy atom. The molecule has 0 radical (unpaired) electrons. The van der Waals surface area contributed by atoms with E-state index in [2.05, 4.69) is 22.8 Å². The Balaban J connectivity index is 1.23. The number of nitrogens with one attached hydrogen (secondary N) is 2. The number of thioether (sulfide) groups is 1. The van der Waals surface area contributed by atoms with Crippen molar-refractivity contribution in [3.8, 4) is 0 Å². The summed E-state index contributed by atoms with van der Waals surface area (Å²) in [4.78, 5) is 27.3. The first-order valence-electron chi connectivity index (χ1n) is 9.12. The van der Waals surface area contributed by atoms with Crippen LogP contribution < -0.4 is 10.6 Å².